The molecule has 0 aliphatic carbocycles. The molecule has 1 amide bonds. The highest BCUT2D eigenvalue weighted by molar-refractivity contribution is 9.10. The zero-order valence-electron chi connectivity index (χ0n) is 12.8. The van der Waals surface area contributed by atoms with Gasteiger partial charge in [-0.25, -0.2) is 4.39 Å². The van der Waals surface area contributed by atoms with Crippen LogP contribution in [0.5, 0.6) is 0 Å². The van der Waals surface area contributed by atoms with E-state index >= 15 is 0 Å². The monoisotopic (exact) mass is 388 g/mol. The highest BCUT2D eigenvalue weighted by Gasteiger charge is 2.14. The predicted octanol–water partition coefficient (Wildman–Crippen LogP) is 4.38. The lowest BCUT2D eigenvalue weighted by atomic mass is 10.1. The molecule has 0 unspecified atom stereocenters. The summed E-state index contributed by atoms with van der Waals surface area (Å²) in [7, 11) is 0. The number of halogens is 2. The molecule has 0 fully saturated rings. The fourth-order valence-electron chi connectivity index (χ4n) is 2.59. The highest BCUT2D eigenvalue weighted by atomic mass is 79.9. The summed E-state index contributed by atoms with van der Waals surface area (Å²) in [6.07, 6.45) is 1.66. The van der Waals surface area contributed by atoms with Crippen molar-refractivity contribution in [3.8, 4) is 0 Å². The quantitative estimate of drug-likeness (QED) is 0.674. The van der Waals surface area contributed by atoms with Crippen LogP contribution in [-0.4, -0.2) is 16.3 Å². The topological polar surface area (TPSA) is 51.1 Å². The Balaban J connectivity index is 1.87. The van der Waals surface area contributed by atoms with Crippen molar-refractivity contribution in [2.24, 2.45) is 0 Å². The Morgan fingerprint density at radius 3 is 2.67 bits per heavy atom. The molecule has 2 aromatic carbocycles. The minimum absolute atomic E-state index is 0.0106. The van der Waals surface area contributed by atoms with Crippen molar-refractivity contribution in [3.05, 3.63) is 64.5 Å². The number of hydrogen-bond donors (Lipinski definition) is 1. The summed E-state index contributed by atoms with van der Waals surface area (Å²) in [6, 6.07) is 11.8. The van der Waals surface area contributed by atoms with Crippen LogP contribution in [0.1, 0.15) is 17.3 Å². The van der Waals surface area contributed by atoms with Gasteiger partial charge >= 0.3 is 0 Å². The number of fused-ring (bicyclic) bond motifs is 1. The van der Waals surface area contributed by atoms with Gasteiger partial charge in [0.05, 0.1) is 5.69 Å². The van der Waals surface area contributed by atoms with Gasteiger partial charge < -0.3 is 9.88 Å². The molecule has 0 aliphatic heterocycles. The maximum absolute atomic E-state index is 13.8. The van der Waals surface area contributed by atoms with E-state index in [1.807, 2.05) is 24.3 Å². The van der Waals surface area contributed by atoms with E-state index in [1.165, 1.54) is 19.1 Å². The lowest BCUT2D eigenvalue weighted by molar-refractivity contribution is -0.116. The highest BCUT2D eigenvalue weighted by Crippen LogP contribution is 2.23. The zero-order chi connectivity index (χ0) is 17.3. The van der Waals surface area contributed by atoms with E-state index in [2.05, 4.69) is 21.2 Å². The minimum Gasteiger partial charge on any atom is -0.337 e. The Kier molecular flexibility index (Phi) is 4.49. The van der Waals surface area contributed by atoms with Crippen LogP contribution in [0.15, 0.2) is 53.1 Å². The molecular weight excluding hydrogens is 375 g/mol. The summed E-state index contributed by atoms with van der Waals surface area (Å²) in [6.45, 7) is 1.48. The van der Waals surface area contributed by atoms with E-state index in [0.29, 0.717) is 10.0 Å². The summed E-state index contributed by atoms with van der Waals surface area (Å²) in [4.78, 5) is 24.0. The SMILES string of the molecule is CC(=O)c1cn(CC(=O)Nc2ccc(Br)cc2F)c2ccccc12. The van der Waals surface area contributed by atoms with Gasteiger partial charge in [-0.05, 0) is 31.2 Å². The van der Waals surface area contributed by atoms with Crippen LogP contribution >= 0.6 is 15.9 Å². The Labute approximate surface area is 146 Å². The van der Waals surface area contributed by atoms with Crippen LogP contribution in [0, 0.1) is 5.82 Å². The third kappa shape index (κ3) is 3.23. The Hall–Kier alpha value is -2.47. The lowest BCUT2D eigenvalue weighted by Crippen LogP contribution is -2.19. The van der Waals surface area contributed by atoms with E-state index in [9.17, 15) is 14.0 Å². The molecule has 3 aromatic rings. The number of Topliss-reactive ketones (excluding diaryl/α,β-unsaturated/α-hetero) is 1. The van der Waals surface area contributed by atoms with E-state index in [1.54, 1.807) is 16.8 Å². The fourth-order valence-corrected chi connectivity index (χ4v) is 2.93. The van der Waals surface area contributed by atoms with Crippen LogP contribution < -0.4 is 5.32 Å². The molecule has 3 rings (SSSR count). The molecule has 1 N–H and O–H groups in total. The summed E-state index contributed by atoms with van der Waals surface area (Å²) in [5.74, 6) is -0.948. The number of para-hydroxylation sites is 1. The van der Waals surface area contributed by atoms with Gasteiger partial charge in [-0.2, -0.15) is 0 Å². The number of nitrogens with zero attached hydrogens (tertiary/aromatic N) is 1. The molecule has 0 bridgehead atoms. The molecule has 0 aliphatic rings. The number of hydrogen-bond acceptors (Lipinski definition) is 2. The number of carbonyl (C=O) groups excluding carboxylic acids is 2. The Morgan fingerprint density at radius 1 is 1.21 bits per heavy atom. The van der Waals surface area contributed by atoms with Crippen LogP contribution in [-0.2, 0) is 11.3 Å². The first-order valence-corrected chi connectivity index (χ1v) is 8.08. The van der Waals surface area contributed by atoms with Crippen molar-refractivity contribution in [3.63, 3.8) is 0 Å². The molecule has 0 saturated carbocycles. The van der Waals surface area contributed by atoms with Crippen molar-refractivity contribution in [2.45, 2.75) is 13.5 Å². The number of carbonyl (C=O) groups is 2. The van der Waals surface area contributed by atoms with Gasteiger partial charge in [-0.3, -0.25) is 9.59 Å². The van der Waals surface area contributed by atoms with Gasteiger partial charge in [-0.1, -0.05) is 34.1 Å². The fraction of sp³-hybridized carbons (Fsp3) is 0.111. The molecule has 0 radical (unpaired) electrons. The molecule has 1 heterocycles. The van der Waals surface area contributed by atoms with Crippen molar-refractivity contribution in [2.75, 3.05) is 5.32 Å². The van der Waals surface area contributed by atoms with Gasteiger partial charge in [0.15, 0.2) is 5.78 Å². The number of nitrogens with one attached hydrogen (secondary N) is 1. The van der Waals surface area contributed by atoms with Gasteiger partial charge in [0, 0.05) is 27.1 Å². The molecule has 6 heteroatoms. The molecule has 1 aromatic heterocycles. The minimum atomic E-state index is -0.514. The maximum atomic E-state index is 13.8. The molecule has 0 spiro atoms. The number of ketones is 1. The molecule has 4 nitrogen and oxygen atoms in total. The molecule has 24 heavy (non-hydrogen) atoms. The number of aromatic nitrogens is 1. The second-order valence-corrected chi connectivity index (χ2v) is 6.33. The number of rotatable bonds is 4. The van der Waals surface area contributed by atoms with E-state index < -0.39 is 5.82 Å². The van der Waals surface area contributed by atoms with Crippen LogP contribution in [0.3, 0.4) is 0 Å². The van der Waals surface area contributed by atoms with Crippen LogP contribution in [0.2, 0.25) is 0 Å². The second kappa shape index (κ2) is 6.57. The zero-order valence-corrected chi connectivity index (χ0v) is 14.4. The lowest BCUT2D eigenvalue weighted by Gasteiger charge is -2.08. The van der Waals surface area contributed by atoms with Gasteiger partial charge in [0.2, 0.25) is 5.91 Å². The van der Waals surface area contributed by atoms with Crippen LogP contribution in [0.4, 0.5) is 10.1 Å². The number of amides is 1. The van der Waals surface area contributed by atoms with E-state index in [0.717, 1.165) is 10.9 Å². The van der Waals surface area contributed by atoms with Crippen molar-refractivity contribution in [1.82, 2.24) is 4.57 Å². The first-order valence-electron chi connectivity index (χ1n) is 7.29. The van der Waals surface area contributed by atoms with E-state index in [4.69, 9.17) is 0 Å². The third-order valence-corrected chi connectivity index (χ3v) is 4.18. The molecule has 0 atom stereocenters. The average molecular weight is 389 g/mol. The van der Waals surface area contributed by atoms with Gasteiger partial charge in [0.25, 0.3) is 0 Å². The van der Waals surface area contributed by atoms with Gasteiger partial charge in [-0.15, -0.1) is 0 Å². The molecule has 122 valence electrons. The molecular formula is C18H14BrFN2O2. The standard InChI is InChI=1S/C18H14BrFN2O2/c1-11(23)14-9-22(17-5-3-2-4-13(14)17)10-18(24)21-16-7-6-12(19)8-15(16)20/h2-9H,10H2,1H3,(H,21,24). The first kappa shape index (κ1) is 16.4. The first-order chi connectivity index (χ1) is 11.5. The molecule has 0 saturated heterocycles. The average Bonchev–Trinajstić information content (AvgIpc) is 2.89. The Morgan fingerprint density at radius 2 is 1.96 bits per heavy atom. The maximum Gasteiger partial charge on any atom is 0.244 e. The second-order valence-electron chi connectivity index (χ2n) is 5.42. The van der Waals surface area contributed by atoms with Gasteiger partial charge in [0.1, 0.15) is 12.4 Å². The van der Waals surface area contributed by atoms with E-state index in [-0.39, 0.29) is 23.9 Å². The van der Waals surface area contributed by atoms with Crippen LogP contribution in [0.25, 0.3) is 10.9 Å². The Bertz CT molecular complexity index is 949. The largest absolute Gasteiger partial charge is 0.337 e. The smallest absolute Gasteiger partial charge is 0.244 e. The third-order valence-electron chi connectivity index (χ3n) is 3.69. The number of benzene rings is 2. The van der Waals surface area contributed by atoms with Crippen molar-refractivity contribution < 1.29 is 14.0 Å². The van der Waals surface area contributed by atoms with Crippen molar-refractivity contribution in [1.29, 1.82) is 0 Å². The van der Waals surface area contributed by atoms with Crippen molar-refractivity contribution >= 4 is 44.2 Å². The number of anilines is 1. The summed E-state index contributed by atoms with van der Waals surface area (Å²) in [5.41, 5.74) is 1.47. The normalized spacial score (nSPS) is 10.8. The summed E-state index contributed by atoms with van der Waals surface area (Å²) >= 11 is 3.17. The predicted molar refractivity (Wildman–Crippen MR) is 94.7 cm³/mol. The summed E-state index contributed by atoms with van der Waals surface area (Å²) < 4.78 is 16.1. The summed E-state index contributed by atoms with van der Waals surface area (Å²) in [5, 5.41) is 3.35.